The van der Waals surface area contributed by atoms with Gasteiger partial charge in [0.25, 0.3) is 0 Å². The highest BCUT2D eigenvalue weighted by molar-refractivity contribution is 4.86. The summed E-state index contributed by atoms with van der Waals surface area (Å²) in [5.74, 6) is 1.67. The van der Waals surface area contributed by atoms with E-state index in [1.54, 1.807) is 0 Å². The van der Waals surface area contributed by atoms with E-state index in [-0.39, 0.29) is 0 Å². The maximum atomic E-state index is 3.71. The Morgan fingerprint density at radius 2 is 1.93 bits per heavy atom. The van der Waals surface area contributed by atoms with Gasteiger partial charge in [-0.3, -0.25) is 0 Å². The third-order valence-electron chi connectivity index (χ3n) is 3.20. The number of rotatable bonds is 3. The summed E-state index contributed by atoms with van der Waals surface area (Å²) in [7, 11) is 0. The van der Waals surface area contributed by atoms with Gasteiger partial charge in [0.15, 0.2) is 0 Å². The van der Waals surface area contributed by atoms with Crippen molar-refractivity contribution in [2.24, 2.45) is 17.3 Å². The molecule has 0 aromatic heterocycles. The van der Waals surface area contributed by atoms with Crippen LogP contribution in [0.4, 0.5) is 0 Å². The SMILES string of the molecule is CC(C)CNC1C[C@H](C)CC(C)(C)C1. The van der Waals surface area contributed by atoms with Crippen LogP contribution in [0.25, 0.3) is 0 Å². The van der Waals surface area contributed by atoms with Gasteiger partial charge in [0.2, 0.25) is 0 Å². The highest BCUT2D eigenvalue weighted by Crippen LogP contribution is 2.38. The van der Waals surface area contributed by atoms with E-state index in [0.717, 1.165) is 17.9 Å². The summed E-state index contributed by atoms with van der Waals surface area (Å²) < 4.78 is 0. The third kappa shape index (κ3) is 4.00. The Kier molecular flexibility index (Phi) is 4.00. The molecule has 1 aliphatic rings. The summed E-state index contributed by atoms with van der Waals surface area (Å²) in [4.78, 5) is 0. The molecule has 0 radical (unpaired) electrons. The highest BCUT2D eigenvalue weighted by atomic mass is 14.9. The Hall–Kier alpha value is -0.0400. The van der Waals surface area contributed by atoms with E-state index < -0.39 is 0 Å². The Balaban J connectivity index is 2.38. The van der Waals surface area contributed by atoms with Crippen molar-refractivity contribution in [3.63, 3.8) is 0 Å². The molecule has 84 valence electrons. The maximum absolute atomic E-state index is 3.71. The normalized spacial score (nSPS) is 32.1. The van der Waals surface area contributed by atoms with E-state index in [0.29, 0.717) is 5.41 Å². The minimum absolute atomic E-state index is 0.548. The second-order valence-electron chi connectivity index (χ2n) is 6.41. The fourth-order valence-corrected chi connectivity index (χ4v) is 2.90. The second kappa shape index (κ2) is 4.65. The van der Waals surface area contributed by atoms with Crippen LogP contribution in [0.2, 0.25) is 0 Å². The molecule has 1 heteroatoms. The molecule has 1 aliphatic carbocycles. The number of hydrogen-bond donors (Lipinski definition) is 1. The Bertz CT molecular complexity index is 172. The monoisotopic (exact) mass is 197 g/mol. The summed E-state index contributed by atoms with van der Waals surface area (Å²) in [6, 6.07) is 0.760. The second-order valence-corrected chi connectivity index (χ2v) is 6.41. The van der Waals surface area contributed by atoms with Gasteiger partial charge in [-0.15, -0.1) is 0 Å². The molecule has 0 aliphatic heterocycles. The van der Waals surface area contributed by atoms with Gasteiger partial charge >= 0.3 is 0 Å². The Morgan fingerprint density at radius 1 is 1.29 bits per heavy atom. The fourth-order valence-electron chi connectivity index (χ4n) is 2.90. The van der Waals surface area contributed by atoms with Crippen molar-refractivity contribution in [3.05, 3.63) is 0 Å². The molecule has 1 N–H and O–H groups in total. The minimum atomic E-state index is 0.548. The lowest BCUT2D eigenvalue weighted by molar-refractivity contribution is 0.149. The van der Waals surface area contributed by atoms with Crippen LogP contribution in [0.15, 0.2) is 0 Å². The van der Waals surface area contributed by atoms with Gasteiger partial charge in [0.05, 0.1) is 0 Å². The predicted octanol–water partition coefficient (Wildman–Crippen LogP) is 3.45. The lowest BCUT2D eigenvalue weighted by atomic mass is 9.70. The maximum Gasteiger partial charge on any atom is 0.00747 e. The smallest absolute Gasteiger partial charge is 0.00747 e. The Morgan fingerprint density at radius 3 is 2.43 bits per heavy atom. The van der Waals surface area contributed by atoms with Crippen molar-refractivity contribution in [1.82, 2.24) is 5.32 Å². The van der Waals surface area contributed by atoms with Crippen LogP contribution in [0.3, 0.4) is 0 Å². The van der Waals surface area contributed by atoms with E-state index in [2.05, 4.69) is 39.9 Å². The molecule has 0 aromatic carbocycles. The van der Waals surface area contributed by atoms with E-state index in [4.69, 9.17) is 0 Å². The molecule has 14 heavy (non-hydrogen) atoms. The van der Waals surface area contributed by atoms with Crippen LogP contribution < -0.4 is 5.32 Å². The van der Waals surface area contributed by atoms with Gasteiger partial charge in [-0.05, 0) is 43.1 Å². The van der Waals surface area contributed by atoms with Crippen LogP contribution in [0.5, 0.6) is 0 Å². The van der Waals surface area contributed by atoms with E-state index in [9.17, 15) is 0 Å². The molecular weight excluding hydrogens is 170 g/mol. The molecule has 1 fully saturated rings. The molecule has 0 bridgehead atoms. The van der Waals surface area contributed by atoms with Crippen LogP contribution in [-0.4, -0.2) is 12.6 Å². The summed E-state index contributed by atoms with van der Waals surface area (Å²) in [5.41, 5.74) is 0.548. The quantitative estimate of drug-likeness (QED) is 0.731. The van der Waals surface area contributed by atoms with Gasteiger partial charge in [-0.25, -0.2) is 0 Å². The predicted molar refractivity (Wildman–Crippen MR) is 63.4 cm³/mol. The van der Waals surface area contributed by atoms with Crippen molar-refractivity contribution in [1.29, 1.82) is 0 Å². The van der Waals surface area contributed by atoms with Gasteiger partial charge in [0.1, 0.15) is 0 Å². The molecule has 1 nitrogen and oxygen atoms in total. The average molecular weight is 197 g/mol. The molecule has 1 saturated carbocycles. The topological polar surface area (TPSA) is 12.0 Å². The molecule has 0 heterocycles. The first-order chi connectivity index (χ1) is 6.39. The number of hydrogen-bond acceptors (Lipinski definition) is 1. The minimum Gasteiger partial charge on any atom is -0.314 e. The highest BCUT2D eigenvalue weighted by Gasteiger charge is 2.31. The molecule has 0 aromatic rings. The Labute approximate surface area is 89.7 Å². The first kappa shape index (κ1) is 12.0. The van der Waals surface area contributed by atoms with Crippen molar-refractivity contribution in [2.45, 2.75) is 59.9 Å². The molecular formula is C13H27N. The third-order valence-corrected chi connectivity index (χ3v) is 3.20. The zero-order valence-corrected chi connectivity index (χ0v) is 10.6. The molecule has 0 spiro atoms. The van der Waals surface area contributed by atoms with Crippen molar-refractivity contribution >= 4 is 0 Å². The molecule has 1 rings (SSSR count). The largest absolute Gasteiger partial charge is 0.314 e. The van der Waals surface area contributed by atoms with Crippen molar-refractivity contribution in [3.8, 4) is 0 Å². The van der Waals surface area contributed by atoms with Crippen LogP contribution >= 0.6 is 0 Å². The van der Waals surface area contributed by atoms with Crippen LogP contribution in [-0.2, 0) is 0 Å². The fraction of sp³-hybridized carbons (Fsp3) is 1.00. The molecule has 1 unspecified atom stereocenters. The van der Waals surface area contributed by atoms with Gasteiger partial charge in [-0.2, -0.15) is 0 Å². The van der Waals surface area contributed by atoms with Gasteiger partial charge in [0, 0.05) is 6.04 Å². The van der Waals surface area contributed by atoms with E-state index >= 15 is 0 Å². The lowest BCUT2D eigenvalue weighted by Gasteiger charge is -2.39. The van der Waals surface area contributed by atoms with Crippen molar-refractivity contribution in [2.75, 3.05) is 6.54 Å². The molecule has 0 amide bonds. The van der Waals surface area contributed by atoms with Gasteiger partial charge in [-0.1, -0.05) is 34.6 Å². The van der Waals surface area contributed by atoms with E-state index in [1.807, 2.05) is 0 Å². The summed E-state index contributed by atoms with van der Waals surface area (Å²) in [6.07, 6.45) is 4.12. The first-order valence-corrected chi connectivity index (χ1v) is 6.12. The summed E-state index contributed by atoms with van der Waals surface area (Å²) in [5, 5.41) is 3.71. The first-order valence-electron chi connectivity index (χ1n) is 6.12. The zero-order valence-electron chi connectivity index (χ0n) is 10.6. The summed E-state index contributed by atoms with van der Waals surface area (Å²) in [6.45, 7) is 13.0. The average Bonchev–Trinajstić information content (AvgIpc) is 1.96. The lowest BCUT2D eigenvalue weighted by Crippen LogP contribution is -2.41. The van der Waals surface area contributed by atoms with Crippen LogP contribution in [0.1, 0.15) is 53.9 Å². The molecule has 2 atom stereocenters. The van der Waals surface area contributed by atoms with Crippen LogP contribution in [0, 0.1) is 17.3 Å². The number of nitrogens with one attached hydrogen (secondary N) is 1. The van der Waals surface area contributed by atoms with Crippen molar-refractivity contribution < 1.29 is 0 Å². The zero-order chi connectivity index (χ0) is 10.8. The molecule has 0 saturated heterocycles. The summed E-state index contributed by atoms with van der Waals surface area (Å²) >= 11 is 0. The van der Waals surface area contributed by atoms with E-state index in [1.165, 1.54) is 25.8 Å². The standard InChI is InChI=1S/C13H27N/c1-10(2)9-14-12-6-11(3)7-13(4,5)8-12/h10-12,14H,6-9H2,1-5H3/t11-,12?/m0/s1. The van der Waals surface area contributed by atoms with Gasteiger partial charge < -0.3 is 5.32 Å².